The standard InChI is InChI=1S/C22H30O2/c1-3-4-5-6-7-8-9-10-15-24-22-14-13-19-11-12-20(18(2)23)16-21(19)17-22/h11-14,16-17H,3-10,15H2,1-2H3. The zero-order chi connectivity index (χ0) is 17.2. The van der Waals surface area contributed by atoms with Crippen molar-refractivity contribution in [3.8, 4) is 5.75 Å². The Morgan fingerprint density at radius 2 is 1.50 bits per heavy atom. The molecule has 0 aliphatic rings. The minimum absolute atomic E-state index is 0.0992. The molecule has 2 nitrogen and oxygen atoms in total. The third-order valence-electron chi connectivity index (χ3n) is 4.48. The first-order chi connectivity index (χ1) is 11.7. The SMILES string of the molecule is CCCCCCCCCCOc1ccc2ccc(C(C)=O)cc2c1. The first-order valence-electron chi connectivity index (χ1n) is 9.38. The van der Waals surface area contributed by atoms with E-state index < -0.39 is 0 Å². The Morgan fingerprint density at radius 3 is 2.21 bits per heavy atom. The molecule has 0 atom stereocenters. The van der Waals surface area contributed by atoms with Crippen molar-refractivity contribution in [1.82, 2.24) is 0 Å². The predicted molar refractivity (Wildman–Crippen MR) is 102 cm³/mol. The minimum Gasteiger partial charge on any atom is -0.494 e. The van der Waals surface area contributed by atoms with Crippen molar-refractivity contribution in [2.45, 2.75) is 65.2 Å². The molecule has 2 aromatic carbocycles. The van der Waals surface area contributed by atoms with Crippen molar-refractivity contribution in [2.24, 2.45) is 0 Å². The van der Waals surface area contributed by atoms with Gasteiger partial charge in [0.1, 0.15) is 5.75 Å². The van der Waals surface area contributed by atoms with Gasteiger partial charge in [0.15, 0.2) is 5.78 Å². The number of hydrogen-bond acceptors (Lipinski definition) is 2. The Hall–Kier alpha value is -1.83. The molecular weight excluding hydrogens is 296 g/mol. The average molecular weight is 326 g/mol. The number of unbranched alkanes of at least 4 members (excludes halogenated alkanes) is 7. The number of benzene rings is 2. The van der Waals surface area contributed by atoms with Gasteiger partial charge in [-0.25, -0.2) is 0 Å². The first-order valence-corrected chi connectivity index (χ1v) is 9.38. The van der Waals surface area contributed by atoms with Crippen molar-refractivity contribution in [2.75, 3.05) is 6.61 Å². The van der Waals surface area contributed by atoms with Gasteiger partial charge < -0.3 is 4.74 Å². The quantitative estimate of drug-likeness (QED) is 0.345. The summed E-state index contributed by atoms with van der Waals surface area (Å²) in [5, 5.41) is 2.20. The van der Waals surface area contributed by atoms with Gasteiger partial charge in [0.05, 0.1) is 6.61 Å². The molecule has 0 saturated heterocycles. The number of hydrogen-bond donors (Lipinski definition) is 0. The normalized spacial score (nSPS) is 10.9. The van der Waals surface area contributed by atoms with Crippen LogP contribution in [0.2, 0.25) is 0 Å². The molecule has 0 saturated carbocycles. The summed E-state index contributed by atoms with van der Waals surface area (Å²) in [5.41, 5.74) is 0.753. The van der Waals surface area contributed by atoms with E-state index in [1.165, 1.54) is 44.9 Å². The Kier molecular flexibility index (Phi) is 7.81. The Bertz CT molecular complexity index is 645. The number of Topliss-reactive ketones (excluding diaryl/α,β-unsaturated/α-hetero) is 1. The molecule has 2 heteroatoms. The molecule has 2 aromatic rings. The molecule has 0 unspecified atom stereocenters. The van der Waals surface area contributed by atoms with E-state index in [1.807, 2.05) is 30.3 Å². The second kappa shape index (κ2) is 10.1. The lowest BCUT2D eigenvalue weighted by Crippen LogP contribution is -1.97. The van der Waals surface area contributed by atoms with E-state index in [0.717, 1.165) is 35.1 Å². The second-order valence-electron chi connectivity index (χ2n) is 6.60. The topological polar surface area (TPSA) is 26.3 Å². The average Bonchev–Trinajstić information content (AvgIpc) is 2.59. The van der Waals surface area contributed by atoms with Gasteiger partial charge in [-0.3, -0.25) is 4.79 Å². The minimum atomic E-state index is 0.0992. The van der Waals surface area contributed by atoms with Gasteiger partial charge in [0, 0.05) is 5.56 Å². The van der Waals surface area contributed by atoms with Crippen molar-refractivity contribution >= 4 is 16.6 Å². The molecule has 0 spiro atoms. The Labute approximate surface area is 146 Å². The number of carbonyl (C=O) groups excluding carboxylic acids is 1. The molecule has 0 amide bonds. The number of rotatable bonds is 11. The maximum Gasteiger partial charge on any atom is 0.159 e. The van der Waals surface area contributed by atoms with Gasteiger partial charge in [0.25, 0.3) is 0 Å². The maximum absolute atomic E-state index is 11.5. The summed E-state index contributed by atoms with van der Waals surface area (Å²) in [6.45, 7) is 4.63. The van der Waals surface area contributed by atoms with Crippen LogP contribution in [0.3, 0.4) is 0 Å². The van der Waals surface area contributed by atoms with Gasteiger partial charge in [-0.1, -0.05) is 70.1 Å². The van der Waals surface area contributed by atoms with E-state index in [-0.39, 0.29) is 5.78 Å². The summed E-state index contributed by atoms with van der Waals surface area (Å²) >= 11 is 0. The van der Waals surface area contributed by atoms with E-state index in [1.54, 1.807) is 6.92 Å². The number of ether oxygens (including phenoxy) is 1. The van der Waals surface area contributed by atoms with Crippen LogP contribution in [-0.2, 0) is 0 Å². The van der Waals surface area contributed by atoms with Crippen LogP contribution in [0.25, 0.3) is 10.8 Å². The summed E-state index contributed by atoms with van der Waals surface area (Å²) in [6.07, 6.45) is 10.5. The molecule has 0 radical (unpaired) electrons. The summed E-state index contributed by atoms with van der Waals surface area (Å²) in [7, 11) is 0. The fourth-order valence-electron chi connectivity index (χ4n) is 2.96. The second-order valence-corrected chi connectivity index (χ2v) is 6.60. The fraction of sp³-hybridized carbons (Fsp3) is 0.500. The van der Waals surface area contributed by atoms with Crippen LogP contribution in [0.5, 0.6) is 5.75 Å². The van der Waals surface area contributed by atoms with Crippen LogP contribution >= 0.6 is 0 Å². The zero-order valence-electron chi connectivity index (χ0n) is 15.1. The van der Waals surface area contributed by atoms with Gasteiger partial charge in [-0.05, 0) is 42.3 Å². The Morgan fingerprint density at radius 1 is 0.833 bits per heavy atom. The molecule has 0 fully saturated rings. The highest BCUT2D eigenvalue weighted by molar-refractivity contribution is 5.98. The smallest absolute Gasteiger partial charge is 0.159 e. The van der Waals surface area contributed by atoms with E-state index in [2.05, 4.69) is 13.0 Å². The number of carbonyl (C=O) groups is 1. The molecule has 130 valence electrons. The lowest BCUT2D eigenvalue weighted by Gasteiger charge is -2.08. The van der Waals surface area contributed by atoms with E-state index >= 15 is 0 Å². The number of ketones is 1. The maximum atomic E-state index is 11.5. The molecule has 0 aromatic heterocycles. The Balaban J connectivity index is 1.73. The lowest BCUT2D eigenvalue weighted by molar-refractivity contribution is 0.101. The highest BCUT2D eigenvalue weighted by Gasteiger charge is 2.02. The summed E-state index contributed by atoms with van der Waals surface area (Å²) in [5.74, 6) is 0.994. The first kappa shape index (κ1) is 18.5. The predicted octanol–water partition coefficient (Wildman–Crippen LogP) is 6.56. The molecule has 0 aliphatic heterocycles. The van der Waals surface area contributed by atoms with Crippen LogP contribution in [0.1, 0.15) is 75.6 Å². The summed E-state index contributed by atoms with van der Waals surface area (Å²) in [6, 6.07) is 11.9. The molecule has 24 heavy (non-hydrogen) atoms. The molecular formula is C22H30O2. The monoisotopic (exact) mass is 326 g/mol. The highest BCUT2D eigenvalue weighted by Crippen LogP contribution is 2.22. The van der Waals surface area contributed by atoms with E-state index in [0.29, 0.717) is 0 Å². The van der Waals surface area contributed by atoms with E-state index in [9.17, 15) is 4.79 Å². The lowest BCUT2D eigenvalue weighted by atomic mass is 10.0. The van der Waals surface area contributed by atoms with Crippen molar-refractivity contribution in [3.63, 3.8) is 0 Å². The van der Waals surface area contributed by atoms with Crippen LogP contribution in [0.15, 0.2) is 36.4 Å². The van der Waals surface area contributed by atoms with Crippen molar-refractivity contribution < 1.29 is 9.53 Å². The van der Waals surface area contributed by atoms with E-state index in [4.69, 9.17) is 4.74 Å². The van der Waals surface area contributed by atoms with Gasteiger partial charge in [0.2, 0.25) is 0 Å². The van der Waals surface area contributed by atoms with Gasteiger partial charge in [-0.15, -0.1) is 0 Å². The molecule has 0 N–H and O–H groups in total. The van der Waals surface area contributed by atoms with Crippen molar-refractivity contribution in [3.05, 3.63) is 42.0 Å². The van der Waals surface area contributed by atoms with Crippen LogP contribution in [0, 0.1) is 0 Å². The molecule has 2 rings (SSSR count). The third kappa shape index (κ3) is 5.99. The van der Waals surface area contributed by atoms with Crippen LogP contribution < -0.4 is 4.74 Å². The van der Waals surface area contributed by atoms with Crippen LogP contribution in [0.4, 0.5) is 0 Å². The number of fused-ring (bicyclic) bond motifs is 1. The van der Waals surface area contributed by atoms with Crippen LogP contribution in [-0.4, -0.2) is 12.4 Å². The zero-order valence-corrected chi connectivity index (χ0v) is 15.1. The van der Waals surface area contributed by atoms with Gasteiger partial charge in [-0.2, -0.15) is 0 Å². The third-order valence-corrected chi connectivity index (χ3v) is 4.48. The fourth-order valence-corrected chi connectivity index (χ4v) is 2.96. The molecule has 0 aliphatic carbocycles. The largest absolute Gasteiger partial charge is 0.494 e. The summed E-state index contributed by atoms with van der Waals surface area (Å²) in [4.78, 5) is 11.5. The van der Waals surface area contributed by atoms with Gasteiger partial charge >= 0.3 is 0 Å². The highest BCUT2D eigenvalue weighted by atomic mass is 16.5. The summed E-state index contributed by atoms with van der Waals surface area (Å²) < 4.78 is 5.87. The van der Waals surface area contributed by atoms with Crippen molar-refractivity contribution in [1.29, 1.82) is 0 Å². The molecule has 0 heterocycles. The molecule has 0 bridgehead atoms.